The van der Waals surface area contributed by atoms with E-state index in [1.165, 1.54) is 38.8 Å². The molecule has 0 saturated carbocycles. The predicted molar refractivity (Wildman–Crippen MR) is 112 cm³/mol. The van der Waals surface area contributed by atoms with E-state index in [4.69, 9.17) is 0 Å². The lowest BCUT2D eigenvalue weighted by Gasteiger charge is -2.20. The Morgan fingerprint density at radius 3 is 2.68 bits per heavy atom. The highest BCUT2D eigenvalue weighted by molar-refractivity contribution is 14.0. The molecule has 0 unspecified atom stereocenters. The van der Waals surface area contributed by atoms with Crippen LogP contribution in [0.3, 0.4) is 0 Å². The predicted octanol–water partition coefficient (Wildman–Crippen LogP) is 1.89. The van der Waals surface area contributed by atoms with Gasteiger partial charge in [-0.1, -0.05) is 18.9 Å². The minimum absolute atomic E-state index is 0. The van der Waals surface area contributed by atoms with Crippen molar-refractivity contribution in [3.8, 4) is 0 Å². The monoisotopic (exact) mass is 457 g/mol. The second-order valence-corrected chi connectivity index (χ2v) is 6.15. The molecule has 1 fully saturated rings. The standard InChI is InChI=1S/C17H27N7.HI/c1-18-17(19-9-13-23-10-5-2-3-6-11-23)20-14-16-22-21-15-8-4-7-12-24(15)16;/h4,7-8,12H,2-3,5-6,9-11,13-14H2,1H3,(H2,18,19,20);1H. The first kappa shape index (κ1) is 19.9. The van der Waals surface area contributed by atoms with Gasteiger partial charge in [-0.15, -0.1) is 34.2 Å². The molecule has 0 amide bonds. The SMILES string of the molecule is CN=C(NCCN1CCCCCC1)NCc1nnc2ccccn12.I. The first-order valence-electron chi connectivity index (χ1n) is 8.82. The summed E-state index contributed by atoms with van der Waals surface area (Å²) in [5, 5.41) is 15.1. The number of halogens is 1. The smallest absolute Gasteiger partial charge is 0.191 e. The van der Waals surface area contributed by atoms with Gasteiger partial charge < -0.3 is 15.5 Å². The molecular formula is C17H28IN7. The molecule has 3 rings (SSSR count). The molecule has 0 atom stereocenters. The number of fused-ring (bicyclic) bond motifs is 1. The molecular weight excluding hydrogens is 429 g/mol. The van der Waals surface area contributed by atoms with E-state index < -0.39 is 0 Å². The van der Waals surface area contributed by atoms with Gasteiger partial charge in [-0.2, -0.15) is 0 Å². The number of hydrogen-bond acceptors (Lipinski definition) is 4. The third-order valence-electron chi connectivity index (χ3n) is 4.44. The molecule has 8 heteroatoms. The van der Waals surface area contributed by atoms with Crippen LogP contribution in [0.2, 0.25) is 0 Å². The number of aromatic nitrogens is 3. The van der Waals surface area contributed by atoms with Crippen LogP contribution < -0.4 is 10.6 Å². The van der Waals surface area contributed by atoms with Crippen molar-refractivity contribution in [1.29, 1.82) is 0 Å². The van der Waals surface area contributed by atoms with Gasteiger partial charge >= 0.3 is 0 Å². The molecule has 138 valence electrons. The number of nitrogens with one attached hydrogen (secondary N) is 2. The molecule has 1 aliphatic heterocycles. The van der Waals surface area contributed by atoms with E-state index in [9.17, 15) is 0 Å². The van der Waals surface area contributed by atoms with Crippen LogP contribution in [0.25, 0.3) is 5.65 Å². The van der Waals surface area contributed by atoms with Crippen LogP contribution in [0, 0.1) is 0 Å². The molecule has 25 heavy (non-hydrogen) atoms. The number of likely N-dealkylation sites (tertiary alicyclic amines) is 1. The van der Waals surface area contributed by atoms with E-state index in [1.54, 1.807) is 7.05 Å². The molecule has 1 aliphatic rings. The summed E-state index contributed by atoms with van der Waals surface area (Å²) in [6.07, 6.45) is 7.38. The van der Waals surface area contributed by atoms with Gasteiger partial charge in [0.1, 0.15) is 0 Å². The summed E-state index contributed by atoms with van der Waals surface area (Å²) in [6.45, 7) is 5.00. The molecule has 1 saturated heterocycles. The molecule has 7 nitrogen and oxygen atoms in total. The number of guanidine groups is 1. The van der Waals surface area contributed by atoms with Crippen molar-refractivity contribution in [2.24, 2.45) is 4.99 Å². The zero-order chi connectivity index (χ0) is 16.6. The third kappa shape index (κ3) is 5.81. The Labute approximate surface area is 166 Å². The van der Waals surface area contributed by atoms with Gasteiger partial charge in [0.25, 0.3) is 0 Å². The first-order valence-corrected chi connectivity index (χ1v) is 8.82. The number of hydrogen-bond donors (Lipinski definition) is 2. The van der Waals surface area contributed by atoms with Crippen LogP contribution in [0.4, 0.5) is 0 Å². The normalized spacial score (nSPS) is 16.3. The van der Waals surface area contributed by atoms with E-state index in [-0.39, 0.29) is 24.0 Å². The fourth-order valence-corrected chi connectivity index (χ4v) is 3.09. The van der Waals surface area contributed by atoms with Crippen molar-refractivity contribution >= 4 is 35.6 Å². The van der Waals surface area contributed by atoms with E-state index in [1.807, 2.05) is 28.8 Å². The van der Waals surface area contributed by atoms with Gasteiger partial charge in [-0.3, -0.25) is 9.39 Å². The molecule has 0 radical (unpaired) electrons. The van der Waals surface area contributed by atoms with Crippen molar-refractivity contribution < 1.29 is 0 Å². The van der Waals surface area contributed by atoms with Crippen molar-refractivity contribution in [1.82, 2.24) is 30.1 Å². The lowest BCUT2D eigenvalue weighted by atomic mass is 10.2. The second kappa shape index (κ2) is 10.5. The summed E-state index contributed by atoms with van der Waals surface area (Å²) >= 11 is 0. The minimum atomic E-state index is 0. The molecule has 0 aromatic carbocycles. The summed E-state index contributed by atoms with van der Waals surface area (Å²) < 4.78 is 1.98. The summed E-state index contributed by atoms with van der Waals surface area (Å²) in [4.78, 5) is 6.83. The van der Waals surface area contributed by atoms with Crippen LogP contribution in [0.5, 0.6) is 0 Å². The van der Waals surface area contributed by atoms with Crippen LogP contribution in [-0.4, -0.2) is 58.7 Å². The van der Waals surface area contributed by atoms with Crippen molar-refractivity contribution in [2.45, 2.75) is 32.2 Å². The lowest BCUT2D eigenvalue weighted by Crippen LogP contribution is -2.41. The quantitative estimate of drug-likeness (QED) is 0.408. The fourth-order valence-electron chi connectivity index (χ4n) is 3.09. The highest BCUT2D eigenvalue weighted by Gasteiger charge is 2.09. The average molecular weight is 457 g/mol. The second-order valence-electron chi connectivity index (χ2n) is 6.15. The van der Waals surface area contributed by atoms with Crippen molar-refractivity contribution in [3.05, 3.63) is 30.2 Å². The Morgan fingerprint density at radius 1 is 1.12 bits per heavy atom. The van der Waals surface area contributed by atoms with E-state index in [0.717, 1.165) is 30.5 Å². The minimum Gasteiger partial charge on any atom is -0.355 e. The lowest BCUT2D eigenvalue weighted by molar-refractivity contribution is 0.289. The topological polar surface area (TPSA) is 69.8 Å². The molecule has 2 aromatic heterocycles. The summed E-state index contributed by atoms with van der Waals surface area (Å²) in [5.74, 6) is 1.68. The van der Waals surface area contributed by atoms with Gasteiger partial charge in [-0.05, 0) is 38.1 Å². The molecule has 2 aromatic rings. The van der Waals surface area contributed by atoms with Gasteiger partial charge in [0.15, 0.2) is 17.4 Å². The third-order valence-corrected chi connectivity index (χ3v) is 4.44. The average Bonchev–Trinajstić information content (AvgIpc) is 2.84. The molecule has 3 heterocycles. The van der Waals surface area contributed by atoms with Gasteiger partial charge in [-0.25, -0.2) is 0 Å². The first-order chi connectivity index (χ1) is 11.9. The number of nitrogens with zero attached hydrogens (tertiary/aromatic N) is 5. The fraction of sp³-hybridized carbons (Fsp3) is 0.588. The molecule has 0 bridgehead atoms. The molecule has 2 N–H and O–H groups in total. The van der Waals surface area contributed by atoms with E-state index >= 15 is 0 Å². The van der Waals surface area contributed by atoms with Gasteiger partial charge in [0.05, 0.1) is 6.54 Å². The maximum absolute atomic E-state index is 4.29. The molecule has 0 spiro atoms. The highest BCUT2D eigenvalue weighted by atomic mass is 127. The summed E-state index contributed by atoms with van der Waals surface area (Å²) in [6, 6.07) is 5.89. The number of pyridine rings is 1. The van der Waals surface area contributed by atoms with Crippen LogP contribution in [-0.2, 0) is 6.54 Å². The van der Waals surface area contributed by atoms with Crippen LogP contribution >= 0.6 is 24.0 Å². The Kier molecular flexibility index (Phi) is 8.39. The van der Waals surface area contributed by atoms with E-state index in [0.29, 0.717) is 6.54 Å². The summed E-state index contributed by atoms with van der Waals surface area (Å²) in [5.41, 5.74) is 0.860. The number of aliphatic imine (C=N–C) groups is 1. The van der Waals surface area contributed by atoms with Gasteiger partial charge in [0.2, 0.25) is 0 Å². The van der Waals surface area contributed by atoms with Gasteiger partial charge in [0, 0.05) is 26.3 Å². The van der Waals surface area contributed by atoms with Crippen LogP contribution in [0.1, 0.15) is 31.5 Å². The Hall–Kier alpha value is -1.42. The Balaban J connectivity index is 0.00000225. The molecule has 0 aliphatic carbocycles. The maximum atomic E-state index is 4.29. The van der Waals surface area contributed by atoms with Crippen molar-refractivity contribution in [3.63, 3.8) is 0 Å². The summed E-state index contributed by atoms with van der Waals surface area (Å²) in [7, 11) is 1.79. The van der Waals surface area contributed by atoms with E-state index in [2.05, 4.69) is 30.7 Å². The number of rotatable bonds is 5. The Bertz CT molecular complexity index is 662. The van der Waals surface area contributed by atoms with Crippen molar-refractivity contribution in [2.75, 3.05) is 33.2 Å². The zero-order valence-electron chi connectivity index (χ0n) is 14.8. The maximum Gasteiger partial charge on any atom is 0.191 e. The zero-order valence-corrected chi connectivity index (χ0v) is 17.1. The van der Waals surface area contributed by atoms with Crippen LogP contribution in [0.15, 0.2) is 29.4 Å². The largest absolute Gasteiger partial charge is 0.355 e. The highest BCUT2D eigenvalue weighted by Crippen LogP contribution is 2.08. The Morgan fingerprint density at radius 2 is 1.92 bits per heavy atom.